The Morgan fingerprint density at radius 3 is 2.78 bits per heavy atom. The van der Waals surface area contributed by atoms with E-state index in [0.717, 1.165) is 49.8 Å². The van der Waals surface area contributed by atoms with E-state index in [1.807, 2.05) is 28.8 Å². The fourth-order valence-electron chi connectivity index (χ4n) is 4.22. The second-order valence-corrected chi connectivity index (χ2v) is 7.06. The van der Waals surface area contributed by atoms with E-state index in [9.17, 15) is 0 Å². The van der Waals surface area contributed by atoms with Crippen molar-refractivity contribution < 1.29 is 4.74 Å². The fraction of sp³-hybridized carbons (Fsp3) is 0.650. The summed E-state index contributed by atoms with van der Waals surface area (Å²) in [5.74, 6) is 1.66. The van der Waals surface area contributed by atoms with Crippen LogP contribution in [0.25, 0.3) is 5.65 Å². The maximum atomic E-state index is 5.99. The molecule has 0 aliphatic heterocycles. The number of aromatic nitrogens is 3. The zero-order valence-corrected chi connectivity index (χ0v) is 16.9. The number of ether oxygens (including phenoxy) is 1. The lowest BCUT2D eigenvalue weighted by Crippen LogP contribution is -2.65. The lowest BCUT2D eigenvalue weighted by Gasteiger charge is -2.55. The Balaban J connectivity index is 1.73. The zero-order chi connectivity index (χ0) is 19.3. The molecule has 0 spiro atoms. The quantitative estimate of drug-likeness (QED) is 0.550. The Labute approximate surface area is 161 Å². The van der Waals surface area contributed by atoms with Gasteiger partial charge in [-0.2, -0.15) is 0 Å². The van der Waals surface area contributed by atoms with Crippen LogP contribution in [0.2, 0.25) is 0 Å². The number of guanidine groups is 1. The molecule has 2 unspecified atom stereocenters. The molecule has 2 aromatic heterocycles. The average Bonchev–Trinajstić information content (AvgIpc) is 3.09. The molecule has 0 aromatic carbocycles. The summed E-state index contributed by atoms with van der Waals surface area (Å²) in [6, 6.07) is 6.26. The molecule has 0 bridgehead atoms. The van der Waals surface area contributed by atoms with Gasteiger partial charge >= 0.3 is 0 Å². The summed E-state index contributed by atoms with van der Waals surface area (Å²) in [4.78, 5) is 4.76. The maximum absolute atomic E-state index is 5.99. The van der Waals surface area contributed by atoms with E-state index in [-0.39, 0.29) is 5.41 Å². The van der Waals surface area contributed by atoms with Crippen molar-refractivity contribution in [2.75, 3.05) is 13.2 Å². The Hall–Kier alpha value is -2.15. The average molecular weight is 373 g/mol. The Bertz CT molecular complexity index is 767. The molecule has 0 amide bonds. The van der Waals surface area contributed by atoms with Crippen molar-refractivity contribution in [1.82, 2.24) is 25.2 Å². The second kappa shape index (κ2) is 8.69. The molecular weight excluding hydrogens is 340 g/mol. The van der Waals surface area contributed by atoms with Gasteiger partial charge in [0.2, 0.25) is 0 Å². The van der Waals surface area contributed by atoms with Gasteiger partial charge in [0.05, 0.1) is 6.10 Å². The topological polar surface area (TPSA) is 75.8 Å². The van der Waals surface area contributed by atoms with Crippen LogP contribution in [0, 0.1) is 5.41 Å². The predicted octanol–water partition coefficient (Wildman–Crippen LogP) is 2.77. The highest BCUT2D eigenvalue weighted by molar-refractivity contribution is 5.80. The minimum absolute atomic E-state index is 0.174. The molecule has 7 heteroatoms. The van der Waals surface area contributed by atoms with E-state index < -0.39 is 0 Å². The van der Waals surface area contributed by atoms with E-state index in [1.54, 1.807) is 0 Å². The molecule has 2 atom stereocenters. The smallest absolute Gasteiger partial charge is 0.191 e. The molecule has 1 saturated carbocycles. The zero-order valence-electron chi connectivity index (χ0n) is 16.9. The van der Waals surface area contributed by atoms with Gasteiger partial charge in [0.15, 0.2) is 17.4 Å². The Morgan fingerprint density at radius 2 is 2.07 bits per heavy atom. The van der Waals surface area contributed by atoms with Crippen LogP contribution < -0.4 is 10.6 Å². The SMILES string of the molecule is CCNC(=NCc1nnc2ccccn12)NC1CC(OCC)C1(CC)CC. The van der Waals surface area contributed by atoms with Crippen LogP contribution in [-0.2, 0) is 11.3 Å². The van der Waals surface area contributed by atoms with Gasteiger partial charge in [0, 0.05) is 30.8 Å². The molecule has 1 fully saturated rings. The van der Waals surface area contributed by atoms with Crippen LogP contribution >= 0.6 is 0 Å². The van der Waals surface area contributed by atoms with E-state index in [4.69, 9.17) is 9.73 Å². The molecule has 7 nitrogen and oxygen atoms in total. The number of rotatable bonds is 8. The second-order valence-electron chi connectivity index (χ2n) is 7.06. The van der Waals surface area contributed by atoms with Crippen molar-refractivity contribution in [1.29, 1.82) is 0 Å². The Kier molecular flexibility index (Phi) is 6.31. The van der Waals surface area contributed by atoms with Crippen molar-refractivity contribution in [2.24, 2.45) is 10.4 Å². The van der Waals surface area contributed by atoms with Gasteiger partial charge in [0.25, 0.3) is 0 Å². The standard InChI is InChI=1S/C20H32N6O/c1-5-20(6-2)15(13-16(20)27-8-4)23-19(21-7-3)22-14-18-25-24-17-11-9-10-12-26(17)18/h9-12,15-16H,5-8,13-14H2,1-4H3,(H2,21,22,23). The van der Waals surface area contributed by atoms with Crippen LogP contribution in [-0.4, -0.2) is 45.9 Å². The summed E-state index contributed by atoms with van der Waals surface area (Å²) in [6.45, 7) is 10.7. The fourth-order valence-corrected chi connectivity index (χ4v) is 4.22. The van der Waals surface area contributed by atoms with Gasteiger partial charge in [-0.1, -0.05) is 19.9 Å². The molecule has 3 rings (SSSR count). The summed E-state index contributed by atoms with van der Waals surface area (Å²) < 4.78 is 7.97. The first-order valence-electron chi connectivity index (χ1n) is 10.1. The Morgan fingerprint density at radius 1 is 1.26 bits per heavy atom. The molecule has 2 aromatic rings. The third-order valence-corrected chi connectivity index (χ3v) is 5.89. The summed E-state index contributed by atoms with van der Waals surface area (Å²) in [7, 11) is 0. The molecule has 2 N–H and O–H groups in total. The van der Waals surface area contributed by atoms with Crippen LogP contribution in [0.4, 0.5) is 0 Å². The van der Waals surface area contributed by atoms with Gasteiger partial charge in [-0.05, 0) is 45.2 Å². The summed E-state index contributed by atoms with van der Waals surface area (Å²) in [6.07, 6.45) is 5.52. The first kappa shape index (κ1) is 19.6. The maximum Gasteiger partial charge on any atom is 0.191 e. The lowest BCUT2D eigenvalue weighted by molar-refractivity contribution is -0.133. The van der Waals surface area contributed by atoms with E-state index in [0.29, 0.717) is 18.7 Å². The van der Waals surface area contributed by atoms with E-state index in [1.165, 1.54) is 0 Å². The summed E-state index contributed by atoms with van der Waals surface area (Å²) >= 11 is 0. The number of hydrogen-bond acceptors (Lipinski definition) is 4. The van der Waals surface area contributed by atoms with Gasteiger partial charge in [-0.3, -0.25) is 4.40 Å². The van der Waals surface area contributed by atoms with Gasteiger partial charge < -0.3 is 15.4 Å². The molecule has 0 saturated heterocycles. The van der Waals surface area contributed by atoms with Crippen LogP contribution in [0.15, 0.2) is 29.4 Å². The minimum atomic E-state index is 0.174. The summed E-state index contributed by atoms with van der Waals surface area (Å²) in [5.41, 5.74) is 1.02. The summed E-state index contributed by atoms with van der Waals surface area (Å²) in [5, 5.41) is 15.5. The molecular formula is C20H32N6O. The van der Waals surface area contributed by atoms with Gasteiger partial charge in [-0.15, -0.1) is 10.2 Å². The normalized spacial score (nSPS) is 21.9. The number of hydrogen-bond donors (Lipinski definition) is 2. The highest BCUT2D eigenvalue weighted by Gasteiger charge is 2.53. The van der Waals surface area contributed by atoms with Crippen molar-refractivity contribution in [2.45, 2.75) is 65.6 Å². The molecule has 2 heterocycles. The van der Waals surface area contributed by atoms with Crippen LogP contribution in [0.5, 0.6) is 0 Å². The van der Waals surface area contributed by atoms with E-state index in [2.05, 4.69) is 48.5 Å². The largest absolute Gasteiger partial charge is 0.378 e. The van der Waals surface area contributed by atoms with Crippen LogP contribution in [0.3, 0.4) is 0 Å². The van der Waals surface area contributed by atoms with Crippen molar-refractivity contribution in [3.8, 4) is 0 Å². The number of aliphatic imine (C=N–C) groups is 1. The van der Waals surface area contributed by atoms with E-state index >= 15 is 0 Å². The van der Waals surface area contributed by atoms with Crippen molar-refractivity contribution in [3.63, 3.8) is 0 Å². The first-order valence-corrected chi connectivity index (χ1v) is 10.1. The number of fused-ring (bicyclic) bond motifs is 1. The molecule has 1 aliphatic carbocycles. The highest BCUT2D eigenvalue weighted by atomic mass is 16.5. The van der Waals surface area contributed by atoms with Crippen LogP contribution in [0.1, 0.15) is 52.8 Å². The molecule has 148 valence electrons. The monoisotopic (exact) mass is 372 g/mol. The number of pyridine rings is 1. The van der Waals surface area contributed by atoms with Crippen molar-refractivity contribution in [3.05, 3.63) is 30.2 Å². The van der Waals surface area contributed by atoms with Gasteiger partial charge in [-0.25, -0.2) is 4.99 Å². The predicted molar refractivity (Wildman–Crippen MR) is 108 cm³/mol. The number of nitrogens with zero attached hydrogens (tertiary/aromatic N) is 4. The minimum Gasteiger partial charge on any atom is -0.378 e. The molecule has 1 aliphatic rings. The van der Waals surface area contributed by atoms with Crippen molar-refractivity contribution >= 4 is 11.6 Å². The third kappa shape index (κ3) is 3.78. The lowest BCUT2D eigenvalue weighted by atomic mass is 9.58. The number of nitrogens with one attached hydrogen (secondary N) is 2. The van der Waals surface area contributed by atoms with Gasteiger partial charge in [0.1, 0.15) is 6.54 Å². The first-order chi connectivity index (χ1) is 13.2. The molecule has 27 heavy (non-hydrogen) atoms. The molecule has 0 radical (unpaired) electrons. The highest BCUT2D eigenvalue weighted by Crippen LogP contribution is 2.48. The third-order valence-electron chi connectivity index (χ3n) is 5.89.